The summed E-state index contributed by atoms with van der Waals surface area (Å²) in [6.07, 6.45) is 2.25. The van der Waals surface area contributed by atoms with Gasteiger partial charge in [-0.05, 0) is 55.7 Å². The van der Waals surface area contributed by atoms with Gasteiger partial charge in [-0.15, -0.1) is 0 Å². The molecule has 1 heterocycles. The van der Waals surface area contributed by atoms with Crippen molar-refractivity contribution < 1.29 is 9.18 Å². The third kappa shape index (κ3) is 4.04. The Labute approximate surface area is 141 Å². The van der Waals surface area contributed by atoms with E-state index in [2.05, 4.69) is 40.7 Å². The monoisotopic (exact) mass is 327 g/mol. The first-order chi connectivity index (χ1) is 11.6. The third-order valence-corrected chi connectivity index (χ3v) is 4.22. The van der Waals surface area contributed by atoms with Crippen LogP contribution in [0, 0.1) is 12.7 Å². The van der Waals surface area contributed by atoms with Gasteiger partial charge in [0.1, 0.15) is 5.82 Å². The fraction of sp³-hybridized carbons (Fsp3) is 0.316. The molecule has 0 aromatic heterocycles. The fourth-order valence-electron chi connectivity index (χ4n) is 3.05. The highest BCUT2D eigenvalue weighted by molar-refractivity contribution is 5.89. The number of nitrogens with zero attached hydrogens (tertiary/aromatic N) is 1. The molecule has 1 aliphatic rings. The Hall–Kier alpha value is -2.56. The lowest BCUT2D eigenvalue weighted by Gasteiger charge is -2.31. The van der Waals surface area contributed by atoms with Gasteiger partial charge in [-0.3, -0.25) is 0 Å². The predicted octanol–water partition coefficient (Wildman–Crippen LogP) is 3.71. The Kier molecular flexibility index (Phi) is 4.99. The smallest absolute Gasteiger partial charge is 0.319 e. The number of hydrogen-bond donors (Lipinski definition) is 2. The number of urea groups is 1. The molecule has 5 heteroatoms. The molecule has 126 valence electrons. The molecular formula is C19H22FN3O. The molecule has 2 N–H and O–H groups in total. The number of anilines is 2. The molecule has 0 radical (unpaired) electrons. The molecule has 4 nitrogen and oxygen atoms in total. The van der Waals surface area contributed by atoms with Crippen molar-refractivity contribution in [3.05, 3.63) is 59.4 Å². The summed E-state index contributed by atoms with van der Waals surface area (Å²) in [6.45, 7) is 4.45. The van der Waals surface area contributed by atoms with E-state index < -0.39 is 0 Å². The first kappa shape index (κ1) is 16.3. The normalized spacial score (nSPS) is 13.3. The standard InChI is InChI=1S/C19H22FN3O/c1-14-4-9-18-15(13-14)3-2-11-23(18)12-10-21-19(24)22-17-7-5-16(20)6-8-17/h4-9,13H,2-3,10-12H2,1H3,(H2,21,22,24). The van der Waals surface area contributed by atoms with Gasteiger partial charge >= 0.3 is 6.03 Å². The number of nitrogens with one attached hydrogen (secondary N) is 2. The molecule has 0 saturated heterocycles. The number of rotatable bonds is 4. The summed E-state index contributed by atoms with van der Waals surface area (Å²) in [4.78, 5) is 14.2. The Morgan fingerprint density at radius 1 is 1.21 bits per heavy atom. The zero-order valence-electron chi connectivity index (χ0n) is 13.8. The van der Waals surface area contributed by atoms with Crippen LogP contribution < -0.4 is 15.5 Å². The highest BCUT2D eigenvalue weighted by Gasteiger charge is 2.16. The van der Waals surface area contributed by atoms with Crippen LogP contribution >= 0.6 is 0 Å². The van der Waals surface area contributed by atoms with Crippen LogP contribution in [-0.4, -0.2) is 25.7 Å². The molecule has 0 fully saturated rings. The number of fused-ring (bicyclic) bond motifs is 1. The molecule has 3 rings (SSSR count). The van der Waals surface area contributed by atoms with Crippen LogP contribution in [0.2, 0.25) is 0 Å². The van der Waals surface area contributed by atoms with E-state index in [1.807, 2.05) is 0 Å². The van der Waals surface area contributed by atoms with Crippen molar-refractivity contribution in [3.63, 3.8) is 0 Å². The van der Waals surface area contributed by atoms with E-state index in [0.717, 1.165) is 25.9 Å². The van der Waals surface area contributed by atoms with E-state index in [-0.39, 0.29) is 11.8 Å². The van der Waals surface area contributed by atoms with Gasteiger partial charge < -0.3 is 15.5 Å². The predicted molar refractivity (Wildman–Crippen MR) is 95.1 cm³/mol. The van der Waals surface area contributed by atoms with Crippen molar-refractivity contribution in [1.82, 2.24) is 5.32 Å². The second-order valence-corrected chi connectivity index (χ2v) is 6.11. The van der Waals surface area contributed by atoms with Crippen LogP contribution in [0.1, 0.15) is 17.5 Å². The number of amides is 2. The van der Waals surface area contributed by atoms with Crippen LogP contribution in [0.4, 0.5) is 20.6 Å². The topological polar surface area (TPSA) is 44.4 Å². The average molecular weight is 327 g/mol. The lowest BCUT2D eigenvalue weighted by atomic mass is 10.00. The first-order valence-corrected chi connectivity index (χ1v) is 8.27. The molecule has 24 heavy (non-hydrogen) atoms. The zero-order valence-corrected chi connectivity index (χ0v) is 13.8. The number of carbonyl (C=O) groups excluding carboxylic acids is 1. The maximum absolute atomic E-state index is 12.8. The van der Waals surface area contributed by atoms with Crippen molar-refractivity contribution in [3.8, 4) is 0 Å². The highest BCUT2D eigenvalue weighted by Crippen LogP contribution is 2.27. The molecule has 0 aliphatic carbocycles. The van der Waals surface area contributed by atoms with Gasteiger partial charge in [0.05, 0.1) is 0 Å². The van der Waals surface area contributed by atoms with Crippen molar-refractivity contribution in [2.24, 2.45) is 0 Å². The maximum atomic E-state index is 12.8. The Balaban J connectivity index is 1.50. The molecule has 1 aliphatic heterocycles. The summed E-state index contributed by atoms with van der Waals surface area (Å²) in [5.74, 6) is -0.319. The molecule has 0 bridgehead atoms. The molecule has 0 saturated carbocycles. The quantitative estimate of drug-likeness (QED) is 0.899. The summed E-state index contributed by atoms with van der Waals surface area (Å²) in [7, 11) is 0. The summed E-state index contributed by atoms with van der Waals surface area (Å²) < 4.78 is 12.8. The van der Waals surface area contributed by atoms with E-state index in [1.54, 1.807) is 0 Å². The van der Waals surface area contributed by atoms with Gasteiger partial charge in [-0.25, -0.2) is 9.18 Å². The number of benzene rings is 2. The molecule has 0 spiro atoms. The number of carbonyl (C=O) groups is 1. The summed E-state index contributed by atoms with van der Waals surface area (Å²) in [5.41, 5.74) is 4.52. The van der Waals surface area contributed by atoms with Gasteiger partial charge in [0.15, 0.2) is 0 Å². The Morgan fingerprint density at radius 3 is 2.79 bits per heavy atom. The molecule has 2 aromatic rings. The minimum Gasteiger partial charge on any atom is -0.370 e. The zero-order chi connectivity index (χ0) is 16.9. The van der Waals surface area contributed by atoms with Crippen LogP contribution in [0.5, 0.6) is 0 Å². The highest BCUT2D eigenvalue weighted by atomic mass is 19.1. The van der Waals surface area contributed by atoms with Crippen LogP contribution in [0.3, 0.4) is 0 Å². The van der Waals surface area contributed by atoms with Gasteiger partial charge in [-0.1, -0.05) is 17.7 Å². The minimum atomic E-state index is -0.319. The van der Waals surface area contributed by atoms with Gasteiger partial charge in [0.2, 0.25) is 0 Å². The van der Waals surface area contributed by atoms with E-state index in [4.69, 9.17) is 0 Å². The van der Waals surface area contributed by atoms with E-state index in [1.165, 1.54) is 41.1 Å². The summed E-state index contributed by atoms with van der Waals surface area (Å²) in [6, 6.07) is 12.0. The summed E-state index contributed by atoms with van der Waals surface area (Å²) in [5, 5.41) is 5.55. The van der Waals surface area contributed by atoms with Crippen molar-refractivity contribution in [2.75, 3.05) is 29.9 Å². The molecule has 2 amide bonds. The molecule has 0 atom stereocenters. The number of hydrogen-bond acceptors (Lipinski definition) is 2. The molecule has 2 aromatic carbocycles. The average Bonchev–Trinajstić information content (AvgIpc) is 2.57. The maximum Gasteiger partial charge on any atom is 0.319 e. The third-order valence-electron chi connectivity index (χ3n) is 4.22. The molecule has 0 unspecified atom stereocenters. The Morgan fingerprint density at radius 2 is 2.00 bits per heavy atom. The van der Waals surface area contributed by atoms with Crippen LogP contribution in [0.15, 0.2) is 42.5 Å². The summed E-state index contributed by atoms with van der Waals surface area (Å²) >= 11 is 0. The van der Waals surface area contributed by atoms with Crippen LogP contribution in [0.25, 0.3) is 0 Å². The lowest BCUT2D eigenvalue weighted by Crippen LogP contribution is -2.39. The second kappa shape index (κ2) is 7.34. The largest absolute Gasteiger partial charge is 0.370 e. The van der Waals surface area contributed by atoms with E-state index in [9.17, 15) is 9.18 Å². The van der Waals surface area contributed by atoms with Crippen molar-refractivity contribution >= 4 is 17.4 Å². The lowest BCUT2D eigenvalue weighted by molar-refractivity contribution is 0.252. The van der Waals surface area contributed by atoms with Gasteiger partial charge in [0, 0.05) is 31.0 Å². The number of aryl methyl sites for hydroxylation is 2. The van der Waals surface area contributed by atoms with Crippen LogP contribution in [-0.2, 0) is 6.42 Å². The second-order valence-electron chi connectivity index (χ2n) is 6.11. The Bertz CT molecular complexity index is 715. The van der Waals surface area contributed by atoms with E-state index >= 15 is 0 Å². The van der Waals surface area contributed by atoms with Gasteiger partial charge in [-0.2, -0.15) is 0 Å². The minimum absolute atomic E-state index is 0.275. The SMILES string of the molecule is Cc1ccc2c(c1)CCCN2CCNC(=O)Nc1ccc(F)cc1. The fourth-order valence-corrected chi connectivity index (χ4v) is 3.05. The number of halogens is 1. The first-order valence-electron chi connectivity index (χ1n) is 8.27. The van der Waals surface area contributed by atoms with Gasteiger partial charge in [0.25, 0.3) is 0 Å². The van der Waals surface area contributed by atoms with Crippen molar-refractivity contribution in [2.45, 2.75) is 19.8 Å². The molecular weight excluding hydrogens is 305 g/mol. The van der Waals surface area contributed by atoms with Crippen molar-refractivity contribution in [1.29, 1.82) is 0 Å². The van der Waals surface area contributed by atoms with E-state index in [0.29, 0.717) is 12.2 Å².